The van der Waals surface area contributed by atoms with E-state index < -0.39 is 5.41 Å². The van der Waals surface area contributed by atoms with E-state index in [-0.39, 0.29) is 23.2 Å². The summed E-state index contributed by atoms with van der Waals surface area (Å²) < 4.78 is 2.23. The molecule has 2 aliphatic carbocycles. The average molecular weight is 393 g/mol. The van der Waals surface area contributed by atoms with Gasteiger partial charge in [-0.3, -0.25) is 4.79 Å². The average Bonchev–Trinajstić information content (AvgIpc) is 3.13. The Morgan fingerprint density at radius 3 is 2.43 bits per heavy atom. The van der Waals surface area contributed by atoms with Crippen molar-refractivity contribution in [3.05, 3.63) is 95.1 Å². The minimum Gasteiger partial charge on any atom is -0.301 e. The van der Waals surface area contributed by atoms with E-state index in [0.29, 0.717) is 0 Å². The monoisotopic (exact) mass is 393 g/mol. The standard InChI is InChI=1S/C26H23N3O/c1-17-22-13-14-23-25(28-18(2)29(23)21-11-7-4-8-12-21)26(22,15-19(16-27)24(17)30)20-9-5-3-6-10-20/h3-12,15,17,22H,13-14H2,1-2H3/t17-,22-,26?/m0/s1. The number of hydrogen-bond acceptors (Lipinski definition) is 3. The Labute approximate surface area is 176 Å². The van der Waals surface area contributed by atoms with Crippen molar-refractivity contribution in [3.8, 4) is 11.8 Å². The molecule has 0 spiro atoms. The molecule has 0 aliphatic heterocycles. The Hall–Kier alpha value is -3.45. The maximum Gasteiger partial charge on any atom is 0.176 e. The summed E-state index contributed by atoms with van der Waals surface area (Å²) in [6.07, 6.45) is 3.65. The minimum atomic E-state index is -0.571. The van der Waals surface area contributed by atoms with Crippen LogP contribution in [0.25, 0.3) is 5.69 Å². The molecular weight excluding hydrogens is 370 g/mol. The van der Waals surface area contributed by atoms with E-state index in [1.807, 2.05) is 56.3 Å². The van der Waals surface area contributed by atoms with Gasteiger partial charge in [-0.2, -0.15) is 5.26 Å². The van der Waals surface area contributed by atoms with Gasteiger partial charge in [0.2, 0.25) is 0 Å². The SMILES string of the molecule is Cc1nc2c(n1-c1ccccc1)CC[C@H]1[C@H](C)C(=O)C(C#N)=CC21c1ccccc1. The molecule has 1 aromatic heterocycles. The predicted molar refractivity (Wildman–Crippen MR) is 115 cm³/mol. The number of ketones is 1. The maximum absolute atomic E-state index is 12.9. The van der Waals surface area contributed by atoms with E-state index in [9.17, 15) is 10.1 Å². The number of carbonyl (C=O) groups excluding carboxylic acids is 1. The lowest BCUT2D eigenvalue weighted by Crippen LogP contribution is -2.48. The van der Waals surface area contributed by atoms with Gasteiger partial charge in [0.25, 0.3) is 0 Å². The molecule has 30 heavy (non-hydrogen) atoms. The van der Waals surface area contributed by atoms with Crippen LogP contribution in [0.4, 0.5) is 0 Å². The van der Waals surface area contributed by atoms with Gasteiger partial charge in [0.05, 0.1) is 16.7 Å². The number of Topliss-reactive ketones (excluding diaryl/α,β-unsaturated/α-hetero) is 1. The van der Waals surface area contributed by atoms with Crippen LogP contribution in [0.5, 0.6) is 0 Å². The molecule has 0 bridgehead atoms. The molecule has 0 amide bonds. The van der Waals surface area contributed by atoms with Crippen LogP contribution >= 0.6 is 0 Å². The van der Waals surface area contributed by atoms with Gasteiger partial charge in [-0.15, -0.1) is 0 Å². The first-order valence-corrected chi connectivity index (χ1v) is 10.4. The molecule has 1 unspecified atom stereocenters. The number of imidazole rings is 1. The van der Waals surface area contributed by atoms with Crippen LogP contribution < -0.4 is 0 Å². The van der Waals surface area contributed by atoms with Gasteiger partial charge in [-0.05, 0) is 49.5 Å². The second-order valence-corrected chi connectivity index (χ2v) is 8.33. The summed E-state index contributed by atoms with van der Waals surface area (Å²) in [4.78, 5) is 18.0. The number of aromatic nitrogens is 2. The van der Waals surface area contributed by atoms with Gasteiger partial charge in [0.1, 0.15) is 11.9 Å². The number of nitriles is 1. The van der Waals surface area contributed by atoms with E-state index in [1.54, 1.807) is 0 Å². The number of fused-ring (bicyclic) bond motifs is 3. The highest BCUT2D eigenvalue weighted by atomic mass is 16.1. The smallest absolute Gasteiger partial charge is 0.176 e. The van der Waals surface area contributed by atoms with Crippen LogP contribution in [0, 0.1) is 30.1 Å². The highest BCUT2D eigenvalue weighted by Gasteiger charge is 2.53. The third kappa shape index (κ3) is 2.45. The van der Waals surface area contributed by atoms with Crippen LogP contribution in [0.2, 0.25) is 0 Å². The molecule has 1 heterocycles. The molecular formula is C26H23N3O. The van der Waals surface area contributed by atoms with Crippen LogP contribution in [-0.2, 0) is 16.6 Å². The molecule has 2 aliphatic rings. The number of carbonyl (C=O) groups is 1. The van der Waals surface area contributed by atoms with E-state index >= 15 is 0 Å². The molecule has 148 valence electrons. The summed E-state index contributed by atoms with van der Waals surface area (Å²) in [6, 6.07) is 22.7. The Balaban J connectivity index is 1.85. The molecule has 2 aromatic carbocycles. The van der Waals surface area contributed by atoms with Crippen LogP contribution in [0.15, 0.2) is 72.3 Å². The fourth-order valence-corrected chi connectivity index (χ4v) is 5.54. The summed E-state index contributed by atoms with van der Waals surface area (Å²) in [5.41, 5.74) is 4.03. The minimum absolute atomic E-state index is 0.0447. The molecule has 5 rings (SSSR count). The zero-order valence-electron chi connectivity index (χ0n) is 17.2. The normalized spacial score (nSPS) is 25.1. The van der Waals surface area contributed by atoms with Crippen molar-refractivity contribution in [3.63, 3.8) is 0 Å². The first-order valence-electron chi connectivity index (χ1n) is 10.4. The Morgan fingerprint density at radius 2 is 1.77 bits per heavy atom. The number of allylic oxidation sites excluding steroid dienone is 2. The number of hydrogen-bond donors (Lipinski definition) is 0. The molecule has 0 fully saturated rings. The molecule has 3 aromatic rings. The Bertz CT molecular complexity index is 1200. The predicted octanol–water partition coefficient (Wildman–Crippen LogP) is 4.70. The summed E-state index contributed by atoms with van der Waals surface area (Å²) in [6.45, 7) is 4.01. The van der Waals surface area contributed by atoms with Gasteiger partial charge in [-0.25, -0.2) is 4.98 Å². The van der Waals surface area contributed by atoms with Gasteiger partial charge in [0, 0.05) is 17.3 Å². The second-order valence-electron chi connectivity index (χ2n) is 8.33. The van der Waals surface area contributed by atoms with Gasteiger partial charge >= 0.3 is 0 Å². The fraction of sp³-hybridized carbons (Fsp3) is 0.269. The van der Waals surface area contributed by atoms with Crippen molar-refractivity contribution in [2.45, 2.75) is 32.1 Å². The number of para-hydroxylation sites is 1. The molecule has 3 atom stereocenters. The molecule has 0 saturated heterocycles. The van der Waals surface area contributed by atoms with Gasteiger partial charge in [0.15, 0.2) is 5.78 Å². The highest BCUT2D eigenvalue weighted by Crippen LogP contribution is 2.53. The summed E-state index contributed by atoms with van der Waals surface area (Å²) in [5.74, 6) is 0.742. The summed E-state index contributed by atoms with van der Waals surface area (Å²) in [5, 5.41) is 9.75. The highest BCUT2D eigenvalue weighted by molar-refractivity contribution is 6.02. The molecule has 0 saturated carbocycles. The van der Waals surface area contributed by atoms with Crippen molar-refractivity contribution in [1.82, 2.24) is 9.55 Å². The van der Waals surface area contributed by atoms with Crippen molar-refractivity contribution in [1.29, 1.82) is 5.26 Å². The third-order valence-electron chi connectivity index (χ3n) is 6.85. The molecule has 4 nitrogen and oxygen atoms in total. The number of benzene rings is 2. The fourth-order valence-electron chi connectivity index (χ4n) is 5.54. The Morgan fingerprint density at radius 1 is 1.10 bits per heavy atom. The van der Waals surface area contributed by atoms with E-state index in [2.05, 4.69) is 34.9 Å². The Kier molecular flexibility index (Phi) is 4.22. The zero-order valence-corrected chi connectivity index (χ0v) is 17.2. The van der Waals surface area contributed by atoms with E-state index in [4.69, 9.17) is 4.98 Å². The van der Waals surface area contributed by atoms with Crippen molar-refractivity contribution in [2.75, 3.05) is 0 Å². The van der Waals surface area contributed by atoms with Crippen molar-refractivity contribution in [2.24, 2.45) is 11.8 Å². The lowest BCUT2D eigenvalue weighted by Gasteiger charge is -2.47. The maximum atomic E-state index is 12.9. The quantitative estimate of drug-likeness (QED) is 0.634. The van der Waals surface area contributed by atoms with Gasteiger partial charge in [-0.1, -0.05) is 55.5 Å². The lowest BCUT2D eigenvalue weighted by atomic mass is 9.55. The lowest BCUT2D eigenvalue weighted by molar-refractivity contribution is -0.121. The molecule has 0 radical (unpaired) electrons. The number of rotatable bonds is 2. The number of aryl methyl sites for hydroxylation is 1. The summed E-state index contributed by atoms with van der Waals surface area (Å²) in [7, 11) is 0. The van der Waals surface area contributed by atoms with Crippen LogP contribution in [0.1, 0.15) is 36.1 Å². The molecule has 4 heteroatoms. The molecule has 0 N–H and O–H groups in total. The van der Waals surface area contributed by atoms with Crippen LogP contribution in [0.3, 0.4) is 0 Å². The van der Waals surface area contributed by atoms with Crippen molar-refractivity contribution >= 4 is 5.78 Å². The van der Waals surface area contributed by atoms with Gasteiger partial charge < -0.3 is 4.57 Å². The van der Waals surface area contributed by atoms with E-state index in [1.165, 1.54) is 5.69 Å². The largest absolute Gasteiger partial charge is 0.301 e. The first kappa shape index (κ1) is 18.6. The van der Waals surface area contributed by atoms with Crippen molar-refractivity contribution < 1.29 is 4.79 Å². The zero-order chi connectivity index (χ0) is 20.9. The second kappa shape index (κ2) is 6.81. The van der Waals surface area contributed by atoms with E-state index in [0.717, 1.165) is 35.6 Å². The summed E-state index contributed by atoms with van der Waals surface area (Å²) >= 11 is 0. The topological polar surface area (TPSA) is 58.7 Å². The van der Waals surface area contributed by atoms with Crippen LogP contribution in [-0.4, -0.2) is 15.3 Å². The first-order chi connectivity index (χ1) is 14.6. The number of nitrogens with zero attached hydrogens (tertiary/aromatic N) is 3. The third-order valence-corrected chi connectivity index (χ3v) is 6.85.